The highest BCUT2D eigenvalue weighted by Crippen LogP contribution is 2.25. The maximum absolute atomic E-state index is 14.2. The summed E-state index contributed by atoms with van der Waals surface area (Å²) in [5.41, 5.74) is 1.91. The molecule has 0 aliphatic rings. The van der Waals surface area contributed by atoms with Crippen LogP contribution in [0.25, 0.3) is 0 Å². The van der Waals surface area contributed by atoms with Gasteiger partial charge in [0.1, 0.15) is 18.4 Å². The van der Waals surface area contributed by atoms with Gasteiger partial charge in [0, 0.05) is 19.5 Å². The number of benzene rings is 4. The van der Waals surface area contributed by atoms with Crippen LogP contribution in [-0.2, 0) is 32.6 Å². The Morgan fingerprint density at radius 2 is 1.32 bits per heavy atom. The number of anilines is 1. The molecule has 0 fully saturated rings. The van der Waals surface area contributed by atoms with E-state index in [9.17, 15) is 22.4 Å². The van der Waals surface area contributed by atoms with Crippen molar-refractivity contribution in [1.29, 1.82) is 0 Å². The third kappa shape index (κ3) is 7.58. The smallest absolute Gasteiger partial charge is 0.264 e. The summed E-state index contributed by atoms with van der Waals surface area (Å²) in [7, 11) is -4.27. The van der Waals surface area contributed by atoms with E-state index >= 15 is 0 Å². The number of sulfonamides is 1. The lowest BCUT2D eigenvalue weighted by Crippen LogP contribution is -2.53. The van der Waals surface area contributed by atoms with E-state index in [1.54, 1.807) is 37.3 Å². The predicted octanol–water partition coefficient (Wildman–Crippen LogP) is 4.80. The van der Waals surface area contributed by atoms with E-state index in [-0.39, 0.29) is 29.5 Å². The Balaban J connectivity index is 1.76. The van der Waals surface area contributed by atoms with Gasteiger partial charge in [-0.25, -0.2) is 12.8 Å². The van der Waals surface area contributed by atoms with Crippen LogP contribution in [0.4, 0.5) is 10.1 Å². The lowest BCUT2D eigenvalue weighted by atomic mass is 10.0. The highest BCUT2D eigenvalue weighted by molar-refractivity contribution is 7.92. The maximum Gasteiger partial charge on any atom is 0.264 e. The number of hydrogen-bond acceptors (Lipinski definition) is 4. The fourth-order valence-corrected chi connectivity index (χ4v) is 5.90. The molecule has 0 aliphatic carbocycles. The number of amides is 2. The highest BCUT2D eigenvalue weighted by Gasteiger charge is 2.34. The molecule has 2 amide bonds. The normalized spacial score (nSPS) is 11.9. The third-order valence-electron chi connectivity index (χ3n) is 6.54. The second-order valence-electron chi connectivity index (χ2n) is 9.41. The molecule has 9 heteroatoms. The number of rotatable bonds is 12. The minimum atomic E-state index is -4.27. The molecule has 7 nitrogen and oxygen atoms in total. The number of nitrogens with one attached hydrogen (secondary N) is 1. The van der Waals surface area contributed by atoms with Gasteiger partial charge in [-0.1, -0.05) is 78.9 Å². The zero-order valence-electron chi connectivity index (χ0n) is 22.7. The van der Waals surface area contributed by atoms with E-state index < -0.39 is 34.3 Å². The molecule has 0 heterocycles. The number of hydrogen-bond donors (Lipinski definition) is 1. The SMILES string of the molecule is CCNC(=O)C(Cc1ccccc1)N(Cc1ccccc1)C(=O)CN(c1ccccc1)S(=O)(=O)c1ccc(F)cc1. The maximum atomic E-state index is 14.2. The minimum absolute atomic E-state index is 0.0908. The van der Waals surface area contributed by atoms with Crippen molar-refractivity contribution in [2.45, 2.75) is 30.8 Å². The molecule has 1 N–H and O–H groups in total. The third-order valence-corrected chi connectivity index (χ3v) is 8.33. The summed E-state index contributed by atoms with van der Waals surface area (Å²) in [6, 6.07) is 30.4. The Hall–Kier alpha value is -4.50. The molecule has 212 valence electrons. The van der Waals surface area contributed by atoms with E-state index in [1.165, 1.54) is 17.0 Å². The van der Waals surface area contributed by atoms with E-state index in [1.807, 2.05) is 60.7 Å². The fraction of sp³-hybridized carbons (Fsp3) is 0.188. The largest absolute Gasteiger partial charge is 0.355 e. The quantitative estimate of drug-likeness (QED) is 0.264. The molecule has 4 aromatic rings. The monoisotopic (exact) mass is 573 g/mol. The first-order valence-electron chi connectivity index (χ1n) is 13.3. The molecule has 0 saturated heterocycles. The van der Waals surface area contributed by atoms with Crippen molar-refractivity contribution in [2.24, 2.45) is 0 Å². The van der Waals surface area contributed by atoms with Crippen molar-refractivity contribution in [2.75, 3.05) is 17.4 Å². The average molecular weight is 574 g/mol. The molecule has 4 rings (SSSR count). The Morgan fingerprint density at radius 3 is 1.88 bits per heavy atom. The van der Waals surface area contributed by atoms with Crippen molar-refractivity contribution < 1.29 is 22.4 Å². The Bertz CT molecular complexity index is 1530. The van der Waals surface area contributed by atoms with Crippen molar-refractivity contribution >= 4 is 27.5 Å². The topological polar surface area (TPSA) is 86.8 Å². The first-order valence-corrected chi connectivity index (χ1v) is 14.7. The summed E-state index contributed by atoms with van der Waals surface area (Å²) < 4.78 is 42.2. The molecule has 41 heavy (non-hydrogen) atoms. The molecule has 0 radical (unpaired) electrons. The lowest BCUT2D eigenvalue weighted by molar-refractivity contribution is -0.140. The molecule has 0 spiro atoms. The van der Waals surface area contributed by atoms with Gasteiger partial charge in [0.2, 0.25) is 11.8 Å². The van der Waals surface area contributed by atoms with E-state index in [0.29, 0.717) is 6.54 Å². The molecular weight excluding hydrogens is 541 g/mol. The molecular formula is C32H32FN3O4S. The van der Waals surface area contributed by atoms with E-state index in [2.05, 4.69) is 5.32 Å². The van der Waals surface area contributed by atoms with E-state index in [0.717, 1.165) is 27.6 Å². The molecule has 1 unspecified atom stereocenters. The number of nitrogens with zero attached hydrogens (tertiary/aromatic N) is 2. The van der Waals surface area contributed by atoms with Crippen molar-refractivity contribution in [3.8, 4) is 0 Å². The van der Waals surface area contributed by atoms with Crippen LogP contribution in [0.5, 0.6) is 0 Å². The van der Waals surface area contributed by atoms with E-state index in [4.69, 9.17) is 0 Å². The summed E-state index contributed by atoms with van der Waals surface area (Å²) in [4.78, 5) is 28.9. The molecule has 1 atom stereocenters. The standard InChI is InChI=1S/C32H32FN3O4S/c1-2-34-32(38)30(22-25-12-6-3-7-13-25)35(23-26-14-8-4-9-15-26)31(37)24-36(28-16-10-5-11-17-28)41(39,40)29-20-18-27(33)19-21-29/h3-21,30H,2,22-24H2,1H3,(H,34,38). The number of carbonyl (C=O) groups is 2. The predicted molar refractivity (Wildman–Crippen MR) is 157 cm³/mol. The van der Waals surface area contributed by atoms with Gasteiger partial charge >= 0.3 is 0 Å². The average Bonchev–Trinajstić information content (AvgIpc) is 2.99. The van der Waals surface area contributed by atoms with Crippen LogP contribution in [0.3, 0.4) is 0 Å². The van der Waals surface area contributed by atoms with Crippen LogP contribution in [0.1, 0.15) is 18.1 Å². The summed E-state index contributed by atoms with van der Waals surface area (Å²) in [6.07, 6.45) is 0.237. The molecule has 4 aromatic carbocycles. The van der Waals surface area contributed by atoms with Gasteiger partial charge in [-0.2, -0.15) is 0 Å². The van der Waals surface area contributed by atoms with Crippen LogP contribution >= 0.6 is 0 Å². The zero-order valence-corrected chi connectivity index (χ0v) is 23.5. The zero-order chi connectivity index (χ0) is 29.2. The summed E-state index contributed by atoms with van der Waals surface area (Å²) in [6.45, 7) is 1.69. The number of halogens is 1. The summed E-state index contributed by atoms with van der Waals surface area (Å²) in [5.74, 6) is -1.48. The molecule has 0 aliphatic heterocycles. The van der Waals surface area contributed by atoms with Gasteiger partial charge in [-0.3, -0.25) is 13.9 Å². The van der Waals surface area contributed by atoms with Crippen LogP contribution in [-0.4, -0.2) is 44.3 Å². The molecule has 0 saturated carbocycles. The van der Waals surface area contributed by atoms with Crippen molar-refractivity contribution in [3.05, 3.63) is 132 Å². The van der Waals surface area contributed by atoms with Gasteiger partial charge < -0.3 is 10.2 Å². The van der Waals surface area contributed by atoms with Crippen LogP contribution in [0.2, 0.25) is 0 Å². The Labute approximate surface area is 240 Å². The first-order chi connectivity index (χ1) is 19.8. The highest BCUT2D eigenvalue weighted by atomic mass is 32.2. The van der Waals surface area contributed by atoms with Crippen molar-refractivity contribution in [3.63, 3.8) is 0 Å². The van der Waals surface area contributed by atoms with Gasteiger partial charge in [0.15, 0.2) is 0 Å². The number of para-hydroxylation sites is 1. The second-order valence-corrected chi connectivity index (χ2v) is 11.3. The second kappa shape index (κ2) is 13.7. The fourth-order valence-electron chi connectivity index (χ4n) is 4.48. The lowest BCUT2D eigenvalue weighted by Gasteiger charge is -2.33. The minimum Gasteiger partial charge on any atom is -0.355 e. The molecule has 0 aromatic heterocycles. The number of likely N-dealkylation sites (N-methyl/N-ethyl adjacent to an activating group) is 1. The Morgan fingerprint density at radius 1 is 0.780 bits per heavy atom. The summed E-state index contributed by atoms with van der Waals surface area (Å²) in [5, 5.41) is 2.83. The van der Waals surface area contributed by atoms with Gasteiger partial charge in [-0.15, -0.1) is 0 Å². The van der Waals surface area contributed by atoms with Crippen LogP contribution < -0.4 is 9.62 Å². The van der Waals surface area contributed by atoms with Crippen LogP contribution in [0.15, 0.2) is 120 Å². The Kier molecular flexibility index (Phi) is 9.86. The van der Waals surface area contributed by atoms with Crippen LogP contribution in [0, 0.1) is 5.82 Å². The van der Waals surface area contributed by atoms with Gasteiger partial charge in [0.05, 0.1) is 10.6 Å². The van der Waals surface area contributed by atoms with Gasteiger partial charge in [-0.05, 0) is 54.4 Å². The van der Waals surface area contributed by atoms with Gasteiger partial charge in [0.25, 0.3) is 10.0 Å². The summed E-state index contributed by atoms with van der Waals surface area (Å²) >= 11 is 0. The van der Waals surface area contributed by atoms with Crippen molar-refractivity contribution in [1.82, 2.24) is 10.2 Å². The number of carbonyl (C=O) groups excluding carboxylic acids is 2. The molecule has 0 bridgehead atoms. The first kappa shape index (κ1) is 29.5.